The van der Waals surface area contributed by atoms with Crippen LogP contribution < -0.4 is 5.73 Å². The van der Waals surface area contributed by atoms with Crippen LogP contribution in [0.25, 0.3) is 0 Å². The van der Waals surface area contributed by atoms with Gasteiger partial charge >= 0.3 is 6.09 Å². The number of amides is 1. The number of benzene rings is 1. The van der Waals surface area contributed by atoms with Crippen LogP contribution in [-0.4, -0.2) is 6.09 Å². The standard InChI is InChI=1S/C8H7F2NO2/c9-6-1-2-7(10)5(3-6)4-13-8(11)12/h1-3H,4H2,(H2,11,12). The summed E-state index contributed by atoms with van der Waals surface area (Å²) in [5.41, 5.74) is 4.61. The summed E-state index contributed by atoms with van der Waals surface area (Å²) in [6.45, 7) is -0.362. The van der Waals surface area contributed by atoms with Crippen molar-refractivity contribution in [1.82, 2.24) is 0 Å². The van der Waals surface area contributed by atoms with Gasteiger partial charge < -0.3 is 10.5 Å². The van der Waals surface area contributed by atoms with Crippen molar-refractivity contribution in [1.29, 1.82) is 0 Å². The lowest BCUT2D eigenvalue weighted by Gasteiger charge is -2.02. The van der Waals surface area contributed by atoms with Crippen LogP contribution in [0.5, 0.6) is 0 Å². The smallest absolute Gasteiger partial charge is 0.404 e. The molecular weight excluding hydrogens is 180 g/mol. The van der Waals surface area contributed by atoms with E-state index in [9.17, 15) is 13.6 Å². The van der Waals surface area contributed by atoms with Crippen molar-refractivity contribution >= 4 is 6.09 Å². The number of carbonyl (C=O) groups excluding carboxylic acids is 1. The van der Waals surface area contributed by atoms with Crippen molar-refractivity contribution in [2.75, 3.05) is 0 Å². The second kappa shape index (κ2) is 3.84. The van der Waals surface area contributed by atoms with Crippen molar-refractivity contribution in [3.63, 3.8) is 0 Å². The zero-order chi connectivity index (χ0) is 9.84. The Balaban J connectivity index is 2.75. The van der Waals surface area contributed by atoms with Crippen molar-refractivity contribution in [3.05, 3.63) is 35.4 Å². The van der Waals surface area contributed by atoms with Crippen LogP contribution in [0.15, 0.2) is 18.2 Å². The van der Waals surface area contributed by atoms with Gasteiger partial charge in [0.25, 0.3) is 0 Å². The summed E-state index contributed by atoms with van der Waals surface area (Å²) in [6.07, 6.45) is -1.02. The normalized spacial score (nSPS) is 9.69. The van der Waals surface area contributed by atoms with E-state index in [4.69, 9.17) is 0 Å². The molecule has 0 unspecified atom stereocenters. The summed E-state index contributed by atoms with van der Waals surface area (Å²) >= 11 is 0. The van der Waals surface area contributed by atoms with E-state index >= 15 is 0 Å². The Hall–Kier alpha value is -1.65. The lowest BCUT2D eigenvalue weighted by molar-refractivity contribution is 0.149. The third-order valence-corrected chi connectivity index (χ3v) is 1.38. The molecule has 5 heteroatoms. The summed E-state index contributed by atoms with van der Waals surface area (Å²) in [6, 6.07) is 2.87. The second-order valence-electron chi connectivity index (χ2n) is 2.34. The summed E-state index contributed by atoms with van der Waals surface area (Å²) in [5.74, 6) is -1.23. The maximum atomic E-state index is 12.8. The summed E-state index contributed by atoms with van der Waals surface area (Å²) in [4.78, 5) is 10.2. The van der Waals surface area contributed by atoms with Gasteiger partial charge in [0.05, 0.1) is 0 Å². The molecular formula is C8H7F2NO2. The lowest BCUT2D eigenvalue weighted by atomic mass is 10.2. The number of hydrogen-bond donors (Lipinski definition) is 1. The van der Waals surface area contributed by atoms with Gasteiger partial charge in [-0.1, -0.05) is 0 Å². The minimum atomic E-state index is -1.02. The topological polar surface area (TPSA) is 52.3 Å². The first-order valence-corrected chi connectivity index (χ1v) is 3.46. The summed E-state index contributed by atoms with van der Waals surface area (Å²) < 4.78 is 29.7. The van der Waals surface area contributed by atoms with Gasteiger partial charge in [-0.05, 0) is 18.2 Å². The first-order chi connectivity index (χ1) is 6.09. The highest BCUT2D eigenvalue weighted by molar-refractivity contribution is 5.64. The number of hydrogen-bond acceptors (Lipinski definition) is 2. The fourth-order valence-corrected chi connectivity index (χ4v) is 0.803. The van der Waals surface area contributed by atoms with E-state index in [0.29, 0.717) is 0 Å². The van der Waals surface area contributed by atoms with Crippen LogP contribution >= 0.6 is 0 Å². The molecule has 0 aliphatic rings. The fourth-order valence-electron chi connectivity index (χ4n) is 0.803. The molecule has 0 saturated heterocycles. The number of nitrogens with two attached hydrogens (primary N) is 1. The van der Waals surface area contributed by atoms with Crippen molar-refractivity contribution < 1.29 is 18.3 Å². The number of carbonyl (C=O) groups is 1. The molecule has 1 amide bonds. The monoisotopic (exact) mass is 187 g/mol. The number of rotatable bonds is 2. The first-order valence-electron chi connectivity index (χ1n) is 3.46. The highest BCUT2D eigenvalue weighted by Crippen LogP contribution is 2.10. The minimum absolute atomic E-state index is 0.0428. The highest BCUT2D eigenvalue weighted by Gasteiger charge is 2.05. The molecule has 0 aromatic heterocycles. The molecule has 0 aliphatic carbocycles. The predicted molar refractivity (Wildman–Crippen MR) is 40.7 cm³/mol. The SMILES string of the molecule is NC(=O)OCc1cc(F)ccc1F. The molecule has 0 radical (unpaired) electrons. The lowest BCUT2D eigenvalue weighted by Crippen LogP contribution is -2.13. The first kappa shape index (κ1) is 9.44. The Morgan fingerprint density at radius 3 is 2.77 bits per heavy atom. The maximum absolute atomic E-state index is 12.8. The maximum Gasteiger partial charge on any atom is 0.404 e. The molecule has 0 atom stereocenters. The van der Waals surface area contributed by atoms with Gasteiger partial charge in [-0.3, -0.25) is 0 Å². The third kappa shape index (κ3) is 2.70. The second-order valence-corrected chi connectivity index (χ2v) is 2.34. The Kier molecular flexibility index (Phi) is 2.79. The molecule has 3 nitrogen and oxygen atoms in total. The average Bonchev–Trinajstić information content (AvgIpc) is 2.06. The van der Waals surface area contributed by atoms with Crippen molar-refractivity contribution in [2.24, 2.45) is 5.73 Å². The average molecular weight is 187 g/mol. The van der Waals surface area contributed by atoms with Crippen LogP contribution in [0.3, 0.4) is 0 Å². The molecule has 2 N–H and O–H groups in total. The highest BCUT2D eigenvalue weighted by atomic mass is 19.1. The van der Waals surface area contributed by atoms with Gasteiger partial charge in [0, 0.05) is 5.56 Å². The van der Waals surface area contributed by atoms with Gasteiger partial charge in [0.1, 0.15) is 18.2 Å². The molecule has 1 aromatic rings. The van der Waals surface area contributed by atoms with Crippen LogP contribution in [-0.2, 0) is 11.3 Å². The molecule has 1 rings (SSSR count). The van der Waals surface area contributed by atoms with E-state index in [2.05, 4.69) is 10.5 Å². The number of primary amides is 1. The Bertz CT molecular complexity index is 328. The fraction of sp³-hybridized carbons (Fsp3) is 0.125. The van der Waals surface area contributed by atoms with Gasteiger partial charge in [0.2, 0.25) is 0 Å². The van der Waals surface area contributed by atoms with Gasteiger partial charge in [-0.25, -0.2) is 13.6 Å². The van der Waals surface area contributed by atoms with Crippen LogP contribution in [0.4, 0.5) is 13.6 Å². The molecule has 0 saturated carbocycles. The molecule has 13 heavy (non-hydrogen) atoms. The summed E-state index contributed by atoms with van der Waals surface area (Å²) in [7, 11) is 0. The molecule has 1 aromatic carbocycles. The molecule has 70 valence electrons. The van der Waals surface area contributed by atoms with E-state index in [0.717, 1.165) is 18.2 Å². The number of halogens is 2. The van der Waals surface area contributed by atoms with Crippen LogP contribution in [0.2, 0.25) is 0 Å². The molecule has 0 aliphatic heterocycles. The molecule has 0 fully saturated rings. The van der Waals surface area contributed by atoms with E-state index in [1.807, 2.05) is 0 Å². The van der Waals surface area contributed by atoms with E-state index in [-0.39, 0.29) is 12.2 Å². The molecule has 0 heterocycles. The summed E-state index contributed by atoms with van der Waals surface area (Å²) in [5, 5.41) is 0. The molecule has 0 spiro atoms. The van der Waals surface area contributed by atoms with Crippen molar-refractivity contribution in [3.8, 4) is 0 Å². The van der Waals surface area contributed by atoms with E-state index in [1.165, 1.54) is 0 Å². The largest absolute Gasteiger partial charge is 0.445 e. The molecule has 0 bridgehead atoms. The number of ether oxygens (including phenoxy) is 1. The Labute approximate surface area is 73.1 Å². The van der Waals surface area contributed by atoms with Gasteiger partial charge in [0.15, 0.2) is 0 Å². The van der Waals surface area contributed by atoms with Gasteiger partial charge in [-0.15, -0.1) is 0 Å². The third-order valence-electron chi connectivity index (χ3n) is 1.38. The minimum Gasteiger partial charge on any atom is -0.445 e. The van der Waals surface area contributed by atoms with Crippen LogP contribution in [0.1, 0.15) is 5.56 Å². The Morgan fingerprint density at radius 1 is 1.46 bits per heavy atom. The Morgan fingerprint density at radius 2 is 2.15 bits per heavy atom. The predicted octanol–water partition coefficient (Wildman–Crippen LogP) is 1.56. The van der Waals surface area contributed by atoms with Crippen LogP contribution in [0, 0.1) is 11.6 Å². The van der Waals surface area contributed by atoms with Gasteiger partial charge in [-0.2, -0.15) is 0 Å². The van der Waals surface area contributed by atoms with Crippen molar-refractivity contribution in [2.45, 2.75) is 6.61 Å². The van der Waals surface area contributed by atoms with E-state index in [1.54, 1.807) is 0 Å². The zero-order valence-corrected chi connectivity index (χ0v) is 6.59. The van der Waals surface area contributed by atoms with E-state index < -0.39 is 17.7 Å². The zero-order valence-electron chi connectivity index (χ0n) is 6.59. The quantitative estimate of drug-likeness (QED) is 0.763.